The topological polar surface area (TPSA) is 68.0 Å². The van der Waals surface area contributed by atoms with Crippen LogP contribution in [0.2, 0.25) is 0 Å². The van der Waals surface area contributed by atoms with Crippen LogP contribution in [-0.2, 0) is 10.2 Å². The van der Waals surface area contributed by atoms with Crippen LogP contribution in [0.3, 0.4) is 0 Å². The number of rotatable bonds is 4. The predicted octanol–water partition coefficient (Wildman–Crippen LogP) is 3.14. The average molecular weight is 309 g/mol. The van der Waals surface area contributed by atoms with Gasteiger partial charge in [0.05, 0.1) is 11.7 Å². The molecule has 1 aliphatic rings. The van der Waals surface area contributed by atoms with Gasteiger partial charge in [0.1, 0.15) is 5.01 Å². The molecule has 0 saturated heterocycles. The van der Waals surface area contributed by atoms with Gasteiger partial charge >= 0.3 is 0 Å². The molecule has 0 radical (unpaired) electrons. The van der Waals surface area contributed by atoms with Crippen molar-refractivity contribution in [3.05, 3.63) is 16.1 Å². The van der Waals surface area contributed by atoms with E-state index in [1.165, 1.54) is 0 Å². The lowest BCUT2D eigenvalue weighted by molar-refractivity contribution is -0.122. The van der Waals surface area contributed by atoms with E-state index in [1.807, 2.05) is 6.92 Å². The van der Waals surface area contributed by atoms with Gasteiger partial charge in [0.15, 0.2) is 0 Å². The molecule has 1 aliphatic carbocycles. The number of hydrogen-bond acceptors (Lipinski definition) is 4. The molecule has 1 aromatic heterocycles. The maximum atomic E-state index is 12.1. The van der Waals surface area contributed by atoms with E-state index in [4.69, 9.17) is 5.73 Å². The molecule has 4 nitrogen and oxygen atoms in total. The zero-order valence-electron chi connectivity index (χ0n) is 13.5. The van der Waals surface area contributed by atoms with Crippen LogP contribution in [0.1, 0.15) is 70.1 Å². The van der Waals surface area contributed by atoms with Crippen molar-refractivity contribution < 1.29 is 4.79 Å². The summed E-state index contributed by atoms with van der Waals surface area (Å²) in [6.45, 7) is 8.45. The van der Waals surface area contributed by atoms with Gasteiger partial charge in [-0.1, -0.05) is 27.2 Å². The fraction of sp³-hybridized carbons (Fsp3) is 0.750. The van der Waals surface area contributed by atoms with Crippen LogP contribution >= 0.6 is 11.3 Å². The number of aromatic nitrogens is 1. The standard InChI is InChI=1S/C16H27N3OS/c1-10(15-19-13(9-21-15)16(2,3)4)18-14(20)8-11-6-5-7-12(11)17/h9-12H,5-8,17H2,1-4H3,(H,18,20)/t10?,11-,12+/m0/s1. The van der Waals surface area contributed by atoms with Crippen LogP contribution in [0.15, 0.2) is 5.38 Å². The van der Waals surface area contributed by atoms with Crippen LogP contribution in [0.5, 0.6) is 0 Å². The zero-order chi connectivity index (χ0) is 15.6. The first-order valence-corrected chi connectivity index (χ1v) is 8.66. The normalized spacial score (nSPS) is 24.0. The first-order chi connectivity index (χ1) is 9.77. The Balaban J connectivity index is 1.90. The van der Waals surface area contributed by atoms with E-state index >= 15 is 0 Å². The molecule has 118 valence electrons. The highest BCUT2D eigenvalue weighted by molar-refractivity contribution is 7.09. The number of nitrogens with one attached hydrogen (secondary N) is 1. The second-order valence-electron chi connectivity index (χ2n) is 7.17. The monoisotopic (exact) mass is 309 g/mol. The highest BCUT2D eigenvalue weighted by atomic mass is 32.1. The maximum absolute atomic E-state index is 12.1. The van der Waals surface area contributed by atoms with Crippen LogP contribution in [0.4, 0.5) is 0 Å². The molecule has 5 heteroatoms. The van der Waals surface area contributed by atoms with Crippen molar-refractivity contribution in [1.82, 2.24) is 10.3 Å². The first-order valence-electron chi connectivity index (χ1n) is 7.78. The molecule has 0 aromatic carbocycles. The van der Waals surface area contributed by atoms with Gasteiger partial charge in [0.2, 0.25) is 5.91 Å². The summed E-state index contributed by atoms with van der Waals surface area (Å²) in [5, 5.41) is 6.13. The van der Waals surface area contributed by atoms with Crippen LogP contribution in [0.25, 0.3) is 0 Å². The largest absolute Gasteiger partial charge is 0.347 e. The Bertz CT molecular complexity index is 492. The van der Waals surface area contributed by atoms with Gasteiger partial charge in [-0.15, -0.1) is 11.3 Å². The molecular formula is C16H27N3OS. The number of nitrogens with zero attached hydrogens (tertiary/aromatic N) is 1. The predicted molar refractivity (Wildman–Crippen MR) is 87.3 cm³/mol. The van der Waals surface area contributed by atoms with Crippen LogP contribution in [-0.4, -0.2) is 16.9 Å². The molecule has 1 saturated carbocycles. The fourth-order valence-corrected chi connectivity index (χ4v) is 3.80. The lowest BCUT2D eigenvalue weighted by Crippen LogP contribution is -2.32. The molecule has 0 bridgehead atoms. The number of thiazole rings is 1. The third-order valence-electron chi connectivity index (χ3n) is 4.20. The van der Waals surface area contributed by atoms with Crippen LogP contribution < -0.4 is 11.1 Å². The molecule has 21 heavy (non-hydrogen) atoms. The van der Waals surface area contributed by atoms with E-state index in [-0.39, 0.29) is 23.4 Å². The second kappa shape index (κ2) is 6.44. The maximum Gasteiger partial charge on any atom is 0.220 e. The Kier molecular flexibility index (Phi) is 5.04. The van der Waals surface area contributed by atoms with Gasteiger partial charge in [-0.2, -0.15) is 0 Å². The third-order valence-corrected chi connectivity index (χ3v) is 5.23. The molecule has 3 N–H and O–H groups in total. The van der Waals surface area contributed by atoms with Gasteiger partial charge in [-0.05, 0) is 25.7 Å². The summed E-state index contributed by atoms with van der Waals surface area (Å²) in [5.74, 6) is 0.441. The van der Waals surface area contributed by atoms with Gasteiger partial charge in [-0.25, -0.2) is 4.98 Å². The lowest BCUT2D eigenvalue weighted by atomic mass is 9.93. The minimum Gasteiger partial charge on any atom is -0.347 e. The SMILES string of the molecule is CC(NC(=O)C[C@@H]1CCC[C@H]1N)c1nc(C(C)(C)C)cs1. The van der Waals surface area contributed by atoms with Gasteiger partial charge < -0.3 is 11.1 Å². The highest BCUT2D eigenvalue weighted by Gasteiger charge is 2.27. The van der Waals surface area contributed by atoms with E-state index < -0.39 is 0 Å². The van der Waals surface area contributed by atoms with E-state index in [9.17, 15) is 4.79 Å². The zero-order valence-corrected chi connectivity index (χ0v) is 14.3. The molecule has 1 amide bonds. The third kappa shape index (κ3) is 4.27. The van der Waals surface area contributed by atoms with Crippen LogP contribution in [0, 0.1) is 5.92 Å². The Labute approximate surface area is 131 Å². The molecular weight excluding hydrogens is 282 g/mol. The minimum atomic E-state index is -0.0313. The van der Waals surface area contributed by atoms with Crippen molar-refractivity contribution in [1.29, 1.82) is 0 Å². The van der Waals surface area contributed by atoms with Crippen molar-refractivity contribution in [2.75, 3.05) is 0 Å². The van der Waals surface area contributed by atoms with Crippen molar-refractivity contribution in [2.24, 2.45) is 11.7 Å². The van der Waals surface area contributed by atoms with Gasteiger partial charge in [0, 0.05) is 23.3 Å². The van der Waals surface area contributed by atoms with Crippen molar-refractivity contribution in [3.63, 3.8) is 0 Å². The number of carbonyl (C=O) groups excluding carboxylic acids is 1. The quantitative estimate of drug-likeness (QED) is 0.898. The molecule has 1 heterocycles. The number of hydrogen-bond donors (Lipinski definition) is 2. The Morgan fingerprint density at radius 1 is 1.52 bits per heavy atom. The van der Waals surface area contributed by atoms with Gasteiger partial charge in [-0.3, -0.25) is 4.79 Å². The van der Waals surface area contributed by atoms with E-state index in [2.05, 4.69) is 36.5 Å². The summed E-state index contributed by atoms with van der Waals surface area (Å²) in [5.41, 5.74) is 7.17. The number of carbonyl (C=O) groups is 1. The minimum absolute atomic E-state index is 0.0313. The fourth-order valence-electron chi connectivity index (χ4n) is 2.75. The Hall–Kier alpha value is -0.940. The Morgan fingerprint density at radius 2 is 2.24 bits per heavy atom. The summed E-state index contributed by atoms with van der Waals surface area (Å²) in [7, 11) is 0. The number of amides is 1. The summed E-state index contributed by atoms with van der Waals surface area (Å²) >= 11 is 1.62. The van der Waals surface area contributed by atoms with Crippen molar-refractivity contribution >= 4 is 17.2 Å². The van der Waals surface area contributed by atoms with Gasteiger partial charge in [0.25, 0.3) is 0 Å². The summed E-state index contributed by atoms with van der Waals surface area (Å²) < 4.78 is 0. The smallest absolute Gasteiger partial charge is 0.220 e. The second-order valence-corrected chi connectivity index (χ2v) is 8.06. The summed E-state index contributed by atoms with van der Waals surface area (Å²) in [4.78, 5) is 16.8. The molecule has 0 aliphatic heterocycles. The van der Waals surface area contributed by atoms with E-state index in [0.29, 0.717) is 12.3 Å². The van der Waals surface area contributed by atoms with E-state index in [1.54, 1.807) is 11.3 Å². The lowest BCUT2D eigenvalue weighted by Gasteiger charge is -2.17. The molecule has 1 fully saturated rings. The number of nitrogens with two attached hydrogens (primary N) is 1. The van der Waals surface area contributed by atoms with Crippen molar-refractivity contribution in [3.8, 4) is 0 Å². The first kappa shape index (κ1) is 16.4. The summed E-state index contributed by atoms with van der Waals surface area (Å²) in [6, 6.07) is 0.162. The molecule has 1 unspecified atom stereocenters. The Morgan fingerprint density at radius 3 is 2.76 bits per heavy atom. The molecule has 0 spiro atoms. The average Bonchev–Trinajstić information content (AvgIpc) is 2.98. The molecule has 1 aromatic rings. The molecule has 3 atom stereocenters. The molecule has 2 rings (SSSR count). The summed E-state index contributed by atoms with van der Waals surface area (Å²) in [6.07, 6.45) is 3.82. The highest BCUT2D eigenvalue weighted by Crippen LogP contribution is 2.28. The van der Waals surface area contributed by atoms with Crippen molar-refractivity contribution in [2.45, 2.75) is 70.9 Å². The van der Waals surface area contributed by atoms with E-state index in [0.717, 1.165) is 30.0 Å².